The van der Waals surface area contributed by atoms with Gasteiger partial charge >= 0.3 is 7.69 Å². The lowest BCUT2D eigenvalue weighted by Crippen LogP contribution is -2.14. The van der Waals surface area contributed by atoms with Crippen LogP contribution in [0.1, 0.15) is 26.2 Å². The summed E-state index contributed by atoms with van der Waals surface area (Å²) in [5, 5.41) is 16.8. The molecular weight excluding hydrogens is 119 g/mol. The molecule has 0 saturated carbocycles. The Bertz CT molecular complexity index is 60.2. The van der Waals surface area contributed by atoms with Crippen molar-refractivity contribution in [1.82, 2.24) is 0 Å². The average molecular weight is 131 g/mol. The maximum absolute atomic E-state index is 8.77. The van der Waals surface area contributed by atoms with Gasteiger partial charge in [-0.3, -0.25) is 0 Å². The van der Waals surface area contributed by atoms with E-state index in [4.69, 9.17) is 10.1 Å². The van der Waals surface area contributed by atoms with Gasteiger partial charge < -0.3 is 14.8 Å². The van der Waals surface area contributed by atoms with Gasteiger partial charge in [0, 0.05) is 0 Å². The van der Waals surface area contributed by atoms with E-state index in [-0.39, 0.29) is 0 Å². The molecule has 2 N–H and O–H groups in total. The van der Waals surface area contributed by atoms with E-state index in [0.29, 0.717) is 14.1 Å². The summed E-state index contributed by atoms with van der Waals surface area (Å²) in [6.45, 7) is 2.02. The zero-order valence-electron chi connectivity index (χ0n) is 5.58. The molecule has 0 fully saturated rings. The second-order valence-electron chi connectivity index (χ2n) is 1.84. The molecule has 9 heavy (non-hydrogen) atoms. The normalized spacial score (nSPS) is 13.2. The molecule has 0 aliphatic rings. The van der Waals surface area contributed by atoms with Crippen LogP contribution in [0.25, 0.3) is 0 Å². The summed E-state index contributed by atoms with van der Waals surface area (Å²) in [4.78, 5) is 0. The average Bonchev–Trinajstić information content (AvgIpc) is 1.85. The Morgan fingerprint density at radius 3 is 2.78 bits per heavy atom. The minimum absolute atomic E-state index is 0.514. The third kappa shape index (κ3) is 5.82. The van der Waals surface area contributed by atoms with Crippen molar-refractivity contribution in [2.75, 3.05) is 0 Å². The van der Waals surface area contributed by atoms with Crippen molar-refractivity contribution >= 4 is 7.69 Å². The van der Waals surface area contributed by atoms with E-state index in [1.807, 2.05) is 6.92 Å². The first kappa shape index (κ1) is 8.94. The zero-order valence-corrected chi connectivity index (χ0v) is 5.58. The van der Waals surface area contributed by atoms with Crippen LogP contribution in [0.15, 0.2) is 0 Å². The molecular formula is C5H12BO3. The molecule has 4 heteroatoms. The van der Waals surface area contributed by atoms with Crippen molar-refractivity contribution in [2.45, 2.75) is 32.5 Å². The number of hydrogen-bond acceptors (Lipinski definition) is 3. The van der Waals surface area contributed by atoms with Crippen LogP contribution < -0.4 is 0 Å². The summed E-state index contributed by atoms with van der Waals surface area (Å²) in [6.07, 6.45) is 1.67. The highest BCUT2D eigenvalue weighted by Gasteiger charge is 2.01. The molecule has 3 nitrogen and oxygen atoms in total. The van der Waals surface area contributed by atoms with Crippen LogP contribution in [0.3, 0.4) is 0 Å². The minimum Gasteiger partial charge on any atom is -0.429 e. The Hall–Kier alpha value is -0.0551. The maximum Gasteiger partial charge on any atom is 0.487 e. The zero-order chi connectivity index (χ0) is 7.11. The van der Waals surface area contributed by atoms with Crippen molar-refractivity contribution in [3.8, 4) is 0 Å². The van der Waals surface area contributed by atoms with E-state index >= 15 is 0 Å². The predicted octanol–water partition coefficient (Wildman–Crippen LogP) is 0.0381. The molecule has 0 aliphatic carbocycles. The van der Waals surface area contributed by atoms with E-state index in [0.717, 1.165) is 12.8 Å². The van der Waals surface area contributed by atoms with Crippen LogP contribution in [0.4, 0.5) is 0 Å². The molecule has 0 heterocycles. The van der Waals surface area contributed by atoms with Crippen molar-refractivity contribution in [3.05, 3.63) is 0 Å². The van der Waals surface area contributed by atoms with Crippen LogP contribution >= 0.6 is 0 Å². The largest absolute Gasteiger partial charge is 0.487 e. The fourth-order valence-corrected chi connectivity index (χ4v) is 0.517. The molecule has 0 aromatic rings. The first-order chi connectivity index (χ1) is 4.31. The van der Waals surface area contributed by atoms with Crippen LogP contribution in [0.5, 0.6) is 0 Å². The van der Waals surface area contributed by atoms with Gasteiger partial charge in [0.1, 0.15) is 6.29 Å². The van der Waals surface area contributed by atoms with Crippen LogP contribution in [-0.4, -0.2) is 24.1 Å². The maximum atomic E-state index is 8.77. The molecule has 0 bridgehead atoms. The highest BCUT2D eigenvalue weighted by Crippen LogP contribution is 1.99. The van der Waals surface area contributed by atoms with Gasteiger partial charge in [0.05, 0.1) is 0 Å². The van der Waals surface area contributed by atoms with Gasteiger partial charge in [0.15, 0.2) is 0 Å². The van der Waals surface area contributed by atoms with Crippen LogP contribution in [0, 0.1) is 0 Å². The molecule has 0 spiro atoms. The molecule has 1 unspecified atom stereocenters. The van der Waals surface area contributed by atoms with E-state index in [1.54, 1.807) is 0 Å². The van der Waals surface area contributed by atoms with Gasteiger partial charge in [-0.2, -0.15) is 0 Å². The van der Waals surface area contributed by atoms with Gasteiger partial charge in [-0.05, 0) is 12.8 Å². The SMILES string of the molecule is CCCCC(O)O[B]O. The van der Waals surface area contributed by atoms with E-state index in [2.05, 4.69) is 4.65 Å². The summed E-state index contributed by atoms with van der Waals surface area (Å²) < 4.78 is 4.33. The Kier molecular flexibility index (Phi) is 6.03. The molecule has 0 aliphatic heterocycles. The Labute approximate surface area is 56.0 Å². The number of aliphatic hydroxyl groups is 1. The van der Waals surface area contributed by atoms with Gasteiger partial charge in [-0.1, -0.05) is 13.3 Å². The van der Waals surface area contributed by atoms with E-state index in [9.17, 15) is 0 Å². The lowest BCUT2D eigenvalue weighted by Gasteiger charge is -2.06. The standard InChI is InChI=1S/C5H12BO3/c1-2-3-4-5(7)9-6-8/h5,7-8H,2-4H2,1H3. The van der Waals surface area contributed by atoms with Crippen LogP contribution in [0.2, 0.25) is 0 Å². The monoisotopic (exact) mass is 131 g/mol. The van der Waals surface area contributed by atoms with E-state index < -0.39 is 6.29 Å². The fourth-order valence-electron chi connectivity index (χ4n) is 0.517. The van der Waals surface area contributed by atoms with Crippen molar-refractivity contribution in [3.63, 3.8) is 0 Å². The summed E-state index contributed by atoms with van der Waals surface area (Å²) in [5.74, 6) is 0. The Balaban J connectivity index is 2.95. The molecule has 1 atom stereocenters. The van der Waals surface area contributed by atoms with Crippen molar-refractivity contribution in [1.29, 1.82) is 0 Å². The number of rotatable bonds is 5. The summed E-state index contributed by atoms with van der Waals surface area (Å²) in [5.41, 5.74) is 0. The fraction of sp³-hybridized carbons (Fsp3) is 1.00. The molecule has 53 valence electrons. The summed E-state index contributed by atoms with van der Waals surface area (Å²) in [6, 6.07) is 0. The topological polar surface area (TPSA) is 49.7 Å². The molecule has 0 rings (SSSR count). The van der Waals surface area contributed by atoms with Crippen LogP contribution in [-0.2, 0) is 4.65 Å². The lowest BCUT2D eigenvalue weighted by molar-refractivity contribution is -0.0316. The number of unbranched alkanes of at least 4 members (excludes halogenated alkanes) is 1. The smallest absolute Gasteiger partial charge is 0.429 e. The number of hydrogen-bond donors (Lipinski definition) is 2. The first-order valence-electron chi connectivity index (χ1n) is 3.10. The summed E-state index contributed by atoms with van der Waals surface area (Å²) >= 11 is 0. The van der Waals surface area contributed by atoms with Gasteiger partial charge in [-0.15, -0.1) is 0 Å². The third-order valence-electron chi connectivity index (χ3n) is 1.02. The number of aliphatic hydroxyl groups excluding tert-OH is 1. The van der Waals surface area contributed by atoms with Crippen molar-refractivity contribution in [2.24, 2.45) is 0 Å². The second kappa shape index (κ2) is 6.07. The second-order valence-corrected chi connectivity index (χ2v) is 1.84. The Morgan fingerprint density at radius 1 is 1.67 bits per heavy atom. The third-order valence-corrected chi connectivity index (χ3v) is 1.02. The molecule has 0 aromatic heterocycles. The van der Waals surface area contributed by atoms with Gasteiger partial charge in [-0.25, -0.2) is 0 Å². The van der Waals surface area contributed by atoms with E-state index in [1.165, 1.54) is 0 Å². The lowest BCUT2D eigenvalue weighted by atomic mass is 10.2. The minimum atomic E-state index is -0.838. The van der Waals surface area contributed by atoms with Gasteiger partial charge in [0.2, 0.25) is 0 Å². The molecule has 1 radical (unpaired) electrons. The summed E-state index contributed by atoms with van der Waals surface area (Å²) in [7, 11) is 0.514. The quantitative estimate of drug-likeness (QED) is 0.409. The highest BCUT2D eigenvalue weighted by molar-refractivity contribution is 6.15. The first-order valence-corrected chi connectivity index (χ1v) is 3.10. The Morgan fingerprint density at radius 2 is 2.33 bits per heavy atom. The molecule has 0 amide bonds. The predicted molar refractivity (Wildman–Crippen MR) is 34.6 cm³/mol. The van der Waals surface area contributed by atoms with Crippen molar-refractivity contribution < 1.29 is 14.8 Å². The highest BCUT2D eigenvalue weighted by atomic mass is 16.6. The molecule has 0 saturated heterocycles. The molecule has 0 aromatic carbocycles. The van der Waals surface area contributed by atoms with Gasteiger partial charge in [0.25, 0.3) is 0 Å².